The van der Waals surface area contributed by atoms with Crippen molar-refractivity contribution >= 4 is 34.6 Å². The van der Waals surface area contributed by atoms with Crippen molar-refractivity contribution in [3.05, 3.63) is 21.0 Å². The summed E-state index contributed by atoms with van der Waals surface area (Å²) >= 11 is 1.78. The number of halogens is 3. The van der Waals surface area contributed by atoms with Crippen molar-refractivity contribution in [2.45, 2.75) is 6.43 Å². The Kier molecular flexibility index (Phi) is 3.12. The van der Waals surface area contributed by atoms with Crippen molar-refractivity contribution < 1.29 is 13.6 Å². The van der Waals surface area contributed by atoms with E-state index in [0.717, 1.165) is 6.07 Å². The van der Waals surface area contributed by atoms with Gasteiger partial charge in [0.2, 0.25) is 0 Å². The molecule has 70 valence electrons. The Hall–Kier alpha value is -0.790. The van der Waals surface area contributed by atoms with E-state index >= 15 is 0 Å². The smallest absolute Gasteiger partial charge is 0.280 e. The molecule has 1 aromatic rings. The number of alkyl halides is 2. The molecule has 0 atom stereocenters. The molecular formula is C7H5F2IN2O. The van der Waals surface area contributed by atoms with E-state index < -0.39 is 12.1 Å². The van der Waals surface area contributed by atoms with E-state index in [9.17, 15) is 13.6 Å². The van der Waals surface area contributed by atoms with Crippen LogP contribution in [0.1, 0.15) is 22.6 Å². The lowest BCUT2D eigenvalue weighted by Crippen LogP contribution is -2.03. The number of aromatic nitrogens is 1. The highest BCUT2D eigenvalue weighted by molar-refractivity contribution is 14.1. The van der Waals surface area contributed by atoms with Gasteiger partial charge in [-0.2, -0.15) is 0 Å². The third-order valence-electron chi connectivity index (χ3n) is 1.39. The van der Waals surface area contributed by atoms with Crippen LogP contribution in [0.5, 0.6) is 0 Å². The molecule has 13 heavy (non-hydrogen) atoms. The van der Waals surface area contributed by atoms with Crippen molar-refractivity contribution in [3.8, 4) is 0 Å². The van der Waals surface area contributed by atoms with Gasteiger partial charge >= 0.3 is 0 Å². The Bertz CT molecular complexity index is 344. The van der Waals surface area contributed by atoms with Crippen LogP contribution in [0, 0.1) is 3.57 Å². The standard InChI is InChI=1S/C7H5F2IN2O/c8-7(9)4-1-3(10)6(11)5(2-13)12-4/h1-2,7H,11H2. The van der Waals surface area contributed by atoms with Gasteiger partial charge in [0.1, 0.15) is 11.4 Å². The van der Waals surface area contributed by atoms with E-state index in [0.29, 0.717) is 9.86 Å². The largest absolute Gasteiger partial charge is 0.396 e. The molecule has 0 saturated carbocycles. The Morgan fingerprint density at radius 1 is 1.62 bits per heavy atom. The molecule has 1 rings (SSSR count). The predicted molar refractivity (Wildman–Crippen MR) is 51.7 cm³/mol. The third kappa shape index (κ3) is 2.11. The fourth-order valence-corrected chi connectivity index (χ4v) is 1.36. The number of hydrogen-bond donors (Lipinski definition) is 1. The number of aldehydes is 1. The molecule has 0 bridgehead atoms. The van der Waals surface area contributed by atoms with Gasteiger partial charge in [-0.15, -0.1) is 0 Å². The highest BCUT2D eigenvalue weighted by Gasteiger charge is 2.13. The zero-order chi connectivity index (χ0) is 10.0. The monoisotopic (exact) mass is 298 g/mol. The molecule has 0 radical (unpaired) electrons. The summed E-state index contributed by atoms with van der Waals surface area (Å²) in [6.45, 7) is 0. The van der Waals surface area contributed by atoms with Crippen LogP contribution in [0.2, 0.25) is 0 Å². The number of nitrogens with zero attached hydrogens (tertiary/aromatic N) is 1. The molecular weight excluding hydrogens is 293 g/mol. The number of nitrogens with two attached hydrogens (primary N) is 1. The van der Waals surface area contributed by atoms with Gasteiger partial charge in [0, 0.05) is 3.57 Å². The molecule has 6 heteroatoms. The van der Waals surface area contributed by atoms with Gasteiger partial charge in [-0.1, -0.05) is 0 Å². The third-order valence-corrected chi connectivity index (χ3v) is 2.29. The van der Waals surface area contributed by atoms with Gasteiger partial charge in [-0.25, -0.2) is 13.8 Å². The fourth-order valence-electron chi connectivity index (χ4n) is 0.763. The maximum Gasteiger partial charge on any atom is 0.280 e. The molecule has 0 aliphatic heterocycles. The highest BCUT2D eigenvalue weighted by Crippen LogP contribution is 2.23. The average Bonchev–Trinajstić information content (AvgIpc) is 2.09. The topological polar surface area (TPSA) is 56.0 Å². The Balaban J connectivity index is 3.30. The van der Waals surface area contributed by atoms with Crippen molar-refractivity contribution in [1.29, 1.82) is 0 Å². The summed E-state index contributed by atoms with van der Waals surface area (Å²) in [5.74, 6) is 0. The van der Waals surface area contributed by atoms with Crippen LogP contribution < -0.4 is 5.73 Å². The summed E-state index contributed by atoms with van der Waals surface area (Å²) < 4.78 is 24.8. The molecule has 0 amide bonds. The average molecular weight is 298 g/mol. The fraction of sp³-hybridized carbons (Fsp3) is 0.143. The minimum atomic E-state index is -2.69. The number of rotatable bonds is 2. The number of carbonyl (C=O) groups excluding carboxylic acids is 1. The van der Waals surface area contributed by atoms with Crippen LogP contribution in [0.3, 0.4) is 0 Å². The van der Waals surface area contributed by atoms with E-state index in [2.05, 4.69) is 4.98 Å². The molecule has 0 spiro atoms. The summed E-state index contributed by atoms with van der Waals surface area (Å²) in [5, 5.41) is 0. The normalized spacial score (nSPS) is 10.5. The number of carbonyl (C=O) groups is 1. The van der Waals surface area contributed by atoms with Crippen LogP contribution in [-0.4, -0.2) is 11.3 Å². The van der Waals surface area contributed by atoms with Crippen LogP contribution in [0.15, 0.2) is 6.07 Å². The van der Waals surface area contributed by atoms with Gasteiger partial charge in [0.05, 0.1) is 5.69 Å². The molecule has 0 fully saturated rings. The van der Waals surface area contributed by atoms with Crippen LogP contribution in [0.25, 0.3) is 0 Å². The zero-order valence-electron chi connectivity index (χ0n) is 6.30. The first kappa shape index (κ1) is 10.3. The lowest BCUT2D eigenvalue weighted by molar-refractivity contribution is 0.111. The molecule has 0 unspecified atom stereocenters. The summed E-state index contributed by atoms with van der Waals surface area (Å²) in [6.07, 6.45) is -2.32. The summed E-state index contributed by atoms with van der Waals surface area (Å²) in [5.41, 5.74) is 4.99. The van der Waals surface area contributed by atoms with Crippen LogP contribution in [0.4, 0.5) is 14.5 Å². The quantitative estimate of drug-likeness (QED) is 0.671. The van der Waals surface area contributed by atoms with E-state index in [4.69, 9.17) is 5.73 Å². The first-order chi connectivity index (χ1) is 6.06. The van der Waals surface area contributed by atoms with Crippen LogP contribution >= 0.6 is 22.6 Å². The minimum absolute atomic E-state index is 0.137. The number of pyridine rings is 1. The maximum absolute atomic E-state index is 12.2. The second-order valence-electron chi connectivity index (χ2n) is 2.25. The number of anilines is 1. The molecule has 1 aromatic heterocycles. The molecule has 1 heterocycles. The van der Waals surface area contributed by atoms with Gasteiger partial charge < -0.3 is 5.73 Å². The molecule has 0 saturated heterocycles. The summed E-state index contributed by atoms with van der Waals surface area (Å²) in [7, 11) is 0. The first-order valence-electron chi connectivity index (χ1n) is 3.25. The molecule has 0 aliphatic carbocycles. The van der Waals surface area contributed by atoms with Crippen molar-refractivity contribution in [3.63, 3.8) is 0 Å². The molecule has 2 N–H and O–H groups in total. The van der Waals surface area contributed by atoms with Gasteiger partial charge in [0.15, 0.2) is 6.29 Å². The van der Waals surface area contributed by atoms with Gasteiger partial charge in [0.25, 0.3) is 6.43 Å². The number of hydrogen-bond acceptors (Lipinski definition) is 3. The second-order valence-corrected chi connectivity index (χ2v) is 3.41. The van der Waals surface area contributed by atoms with E-state index in [1.165, 1.54) is 0 Å². The van der Waals surface area contributed by atoms with E-state index in [-0.39, 0.29) is 11.4 Å². The predicted octanol–water partition coefficient (Wildman–Crippen LogP) is 2.02. The lowest BCUT2D eigenvalue weighted by atomic mass is 10.3. The minimum Gasteiger partial charge on any atom is -0.396 e. The Labute approximate surface area is 86.5 Å². The van der Waals surface area contributed by atoms with Gasteiger partial charge in [-0.05, 0) is 28.7 Å². The second kappa shape index (κ2) is 3.95. The Morgan fingerprint density at radius 3 is 2.69 bits per heavy atom. The highest BCUT2D eigenvalue weighted by atomic mass is 127. The van der Waals surface area contributed by atoms with E-state index in [1.807, 2.05) is 0 Å². The van der Waals surface area contributed by atoms with Crippen molar-refractivity contribution in [2.24, 2.45) is 0 Å². The maximum atomic E-state index is 12.2. The van der Waals surface area contributed by atoms with Crippen LogP contribution in [-0.2, 0) is 0 Å². The SMILES string of the molecule is Nc1c(I)cc(C(F)F)nc1C=O. The summed E-state index contributed by atoms with van der Waals surface area (Å²) in [6, 6.07) is 1.16. The van der Waals surface area contributed by atoms with Crippen molar-refractivity contribution in [2.75, 3.05) is 5.73 Å². The van der Waals surface area contributed by atoms with Gasteiger partial charge in [-0.3, -0.25) is 4.79 Å². The zero-order valence-corrected chi connectivity index (χ0v) is 8.46. The van der Waals surface area contributed by atoms with E-state index in [1.54, 1.807) is 22.6 Å². The lowest BCUT2D eigenvalue weighted by Gasteiger charge is -2.04. The summed E-state index contributed by atoms with van der Waals surface area (Å²) in [4.78, 5) is 13.8. The number of nitrogen functional groups attached to an aromatic ring is 1. The van der Waals surface area contributed by atoms with Crippen molar-refractivity contribution in [1.82, 2.24) is 4.98 Å². The molecule has 3 nitrogen and oxygen atoms in total. The Morgan fingerprint density at radius 2 is 2.23 bits per heavy atom. The molecule has 0 aliphatic rings. The molecule has 0 aromatic carbocycles. The first-order valence-corrected chi connectivity index (χ1v) is 4.33.